The van der Waals surface area contributed by atoms with Crippen LogP contribution in [0.4, 0.5) is 4.39 Å². The van der Waals surface area contributed by atoms with Crippen molar-refractivity contribution in [3.8, 4) is 5.75 Å². The van der Waals surface area contributed by atoms with Gasteiger partial charge in [-0.15, -0.1) is 0 Å². The first kappa shape index (κ1) is 27.6. The normalized spacial score (nSPS) is 35.0. The maximum Gasteiger partial charge on any atom is 0.140 e. The largest absolute Gasteiger partial charge is 0.495 e. The number of benzene rings is 1. The van der Waals surface area contributed by atoms with Gasteiger partial charge >= 0.3 is 0 Å². The van der Waals surface area contributed by atoms with Crippen molar-refractivity contribution < 1.29 is 24.2 Å². The van der Waals surface area contributed by atoms with Crippen molar-refractivity contribution in [2.45, 2.75) is 77.6 Å². The van der Waals surface area contributed by atoms with Gasteiger partial charge in [-0.25, -0.2) is 4.39 Å². The smallest absolute Gasteiger partial charge is 0.140 e. The Hall–Kier alpha value is -1.46. The maximum absolute atomic E-state index is 14.9. The van der Waals surface area contributed by atoms with E-state index in [2.05, 4.69) is 52.0 Å². The molecule has 3 saturated carbocycles. The van der Waals surface area contributed by atoms with Gasteiger partial charge < -0.3 is 14.9 Å². The molecule has 3 aliphatic carbocycles. The zero-order valence-corrected chi connectivity index (χ0v) is 23.0. The molecule has 0 radical (unpaired) electrons. The highest BCUT2D eigenvalue weighted by molar-refractivity contribution is 9.10. The molecule has 1 saturated heterocycles. The van der Waals surface area contributed by atoms with Gasteiger partial charge in [-0.1, -0.05) is 25.9 Å². The van der Waals surface area contributed by atoms with Crippen molar-refractivity contribution in [3.63, 3.8) is 0 Å². The Morgan fingerprint density at radius 2 is 2.11 bits per heavy atom. The van der Waals surface area contributed by atoms with E-state index in [1.165, 1.54) is 24.7 Å². The second-order valence-corrected chi connectivity index (χ2v) is 12.0. The number of aliphatic hydroxyl groups excluding tert-OH is 2. The van der Waals surface area contributed by atoms with Crippen LogP contribution in [0.3, 0.4) is 0 Å². The second kappa shape index (κ2) is 10.7. The fourth-order valence-electron chi connectivity index (χ4n) is 6.89. The lowest BCUT2D eigenvalue weighted by molar-refractivity contribution is -0.188. The molecule has 1 unspecified atom stereocenters. The van der Waals surface area contributed by atoms with Crippen LogP contribution in [0.5, 0.6) is 5.75 Å². The highest BCUT2D eigenvalue weighted by Gasteiger charge is 2.57. The van der Waals surface area contributed by atoms with Gasteiger partial charge in [0.25, 0.3) is 0 Å². The number of nitrogens with one attached hydrogen (secondary N) is 1. The van der Waals surface area contributed by atoms with Crippen molar-refractivity contribution in [1.29, 1.82) is 0 Å². The van der Waals surface area contributed by atoms with Crippen LogP contribution in [0.1, 0.15) is 46.1 Å². The van der Waals surface area contributed by atoms with Crippen LogP contribution in [0.15, 0.2) is 21.7 Å². The Morgan fingerprint density at radius 3 is 2.69 bits per heavy atom. The number of hydrogen-bond acceptors (Lipinski definition) is 7. The lowest BCUT2D eigenvalue weighted by atomic mass is 9.44. The van der Waals surface area contributed by atoms with Gasteiger partial charge in [0, 0.05) is 22.4 Å². The standard InChI is InChI=1S/C25H37BrFN5O4/c1-12-16-8-14(25(16,3)4)9-19(12)30-24(34)22-21(13(2)33)20(10-29-31-28)36-32(22)11-15-18(27)7-6-17(26)23(15)35-5/h6-7,12-14,16,19-22,24,30,33-34H,8-11H2,1-5H3/t12-,13-,14-,16+,19-,20-,21+,22-,24?/m0/s1. The summed E-state index contributed by atoms with van der Waals surface area (Å²) in [5, 5.41) is 30.8. The van der Waals surface area contributed by atoms with Crippen LogP contribution in [0.25, 0.3) is 10.4 Å². The van der Waals surface area contributed by atoms with Gasteiger partial charge in [0.15, 0.2) is 0 Å². The van der Waals surface area contributed by atoms with E-state index in [9.17, 15) is 14.6 Å². The predicted octanol–water partition coefficient (Wildman–Crippen LogP) is 4.37. The highest BCUT2D eigenvalue weighted by Crippen LogP contribution is 2.61. The summed E-state index contributed by atoms with van der Waals surface area (Å²) >= 11 is 3.40. The van der Waals surface area contributed by atoms with Gasteiger partial charge in [-0.05, 0) is 76.5 Å². The summed E-state index contributed by atoms with van der Waals surface area (Å²) < 4.78 is 20.9. The molecule has 2 bridgehead atoms. The third-order valence-corrected chi connectivity index (χ3v) is 9.67. The summed E-state index contributed by atoms with van der Waals surface area (Å²) in [6.45, 7) is 8.44. The molecule has 4 aliphatic rings. The van der Waals surface area contributed by atoms with Crippen LogP contribution in [0, 0.1) is 34.9 Å². The van der Waals surface area contributed by atoms with E-state index in [0.717, 1.165) is 6.42 Å². The number of rotatable bonds is 9. The van der Waals surface area contributed by atoms with E-state index >= 15 is 0 Å². The minimum absolute atomic E-state index is 0.0257. The molecule has 3 N–H and O–H groups in total. The molecule has 9 nitrogen and oxygen atoms in total. The van der Waals surface area contributed by atoms with Crippen LogP contribution in [0.2, 0.25) is 0 Å². The molecule has 0 aromatic heterocycles. The Kier molecular flexibility index (Phi) is 8.22. The van der Waals surface area contributed by atoms with E-state index in [1.54, 1.807) is 13.0 Å². The van der Waals surface area contributed by atoms with E-state index in [0.29, 0.717) is 33.4 Å². The van der Waals surface area contributed by atoms with Crippen LogP contribution < -0.4 is 10.1 Å². The second-order valence-electron chi connectivity index (χ2n) is 11.2. The lowest BCUT2D eigenvalue weighted by Crippen LogP contribution is -2.63. The molecule has 4 fully saturated rings. The van der Waals surface area contributed by atoms with Crippen molar-refractivity contribution >= 4 is 15.9 Å². The number of halogens is 2. The zero-order chi connectivity index (χ0) is 26.4. The number of azide groups is 1. The molecule has 200 valence electrons. The molecule has 1 aromatic rings. The van der Waals surface area contributed by atoms with Gasteiger partial charge in [-0.3, -0.25) is 10.2 Å². The molecule has 1 aromatic carbocycles. The summed E-state index contributed by atoms with van der Waals surface area (Å²) in [5.74, 6) is 0.836. The van der Waals surface area contributed by atoms with Gasteiger partial charge in [0.1, 0.15) is 17.8 Å². The molecule has 1 heterocycles. The number of aliphatic hydroxyl groups is 2. The van der Waals surface area contributed by atoms with Gasteiger partial charge in [0.05, 0.1) is 42.9 Å². The van der Waals surface area contributed by atoms with Gasteiger partial charge in [-0.2, -0.15) is 5.06 Å². The molecular formula is C25H37BrFN5O4. The molecule has 11 heteroatoms. The molecule has 0 amide bonds. The fraction of sp³-hybridized carbons (Fsp3) is 0.760. The summed E-state index contributed by atoms with van der Waals surface area (Å²) in [7, 11) is 1.46. The number of hydrogen-bond donors (Lipinski definition) is 3. The van der Waals surface area contributed by atoms with Crippen LogP contribution in [-0.2, 0) is 11.4 Å². The first-order valence-electron chi connectivity index (χ1n) is 12.6. The third-order valence-electron chi connectivity index (χ3n) is 9.04. The average molecular weight is 571 g/mol. The van der Waals surface area contributed by atoms with E-state index in [4.69, 9.17) is 15.1 Å². The van der Waals surface area contributed by atoms with Crippen molar-refractivity contribution in [1.82, 2.24) is 10.4 Å². The van der Waals surface area contributed by atoms with E-state index < -0.39 is 36.2 Å². The lowest BCUT2D eigenvalue weighted by Gasteiger charge is -2.62. The van der Waals surface area contributed by atoms with Crippen molar-refractivity contribution in [2.24, 2.45) is 34.2 Å². The molecule has 5 rings (SSSR count). The van der Waals surface area contributed by atoms with Gasteiger partial charge in [0.2, 0.25) is 0 Å². The summed E-state index contributed by atoms with van der Waals surface area (Å²) in [4.78, 5) is 8.96. The number of methoxy groups -OCH3 is 1. The SMILES string of the molecule is COc1c(Br)ccc(F)c1CN1O[C@@H](CN=[N+]=[N-])[C@@H]([C@H](C)O)[C@H]1C(O)N[C@H]1C[C@@H]2C[C@H]([C@@H]1C)C2(C)C. The average Bonchev–Trinajstić information content (AvgIpc) is 3.19. The quantitative estimate of drug-likeness (QED) is 0.176. The molecule has 36 heavy (non-hydrogen) atoms. The third kappa shape index (κ3) is 4.87. The van der Waals surface area contributed by atoms with E-state index in [-0.39, 0.29) is 24.7 Å². The Labute approximate surface area is 220 Å². The topological polar surface area (TPSA) is 123 Å². The first-order chi connectivity index (χ1) is 17.0. The number of nitrogens with zero attached hydrogens (tertiary/aromatic N) is 4. The predicted molar refractivity (Wildman–Crippen MR) is 136 cm³/mol. The van der Waals surface area contributed by atoms with E-state index in [1.807, 2.05) is 0 Å². The Balaban J connectivity index is 1.62. The highest BCUT2D eigenvalue weighted by atomic mass is 79.9. The molecule has 9 atom stereocenters. The van der Waals surface area contributed by atoms with Crippen LogP contribution in [-0.4, -0.2) is 59.5 Å². The first-order valence-corrected chi connectivity index (χ1v) is 13.4. The number of hydroxylamine groups is 2. The minimum Gasteiger partial charge on any atom is -0.495 e. The summed E-state index contributed by atoms with van der Waals surface area (Å²) in [6, 6.07) is 2.30. The summed E-state index contributed by atoms with van der Waals surface area (Å²) in [6.07, 6.45) is -0.436. The van der Waals surface area contributed by atoms with Crippen molar-refractivity contribution in [2.75, 3.05) is 13.7 Å². The maximum atomic E-state index is 14.9. The summed E-state index contributed by atoms with van der Waals surface area (Å²) in [5.41, 5.74) is 9.44. The Bertz CT molecular complexity index is 1010. The van der Waals surface area contributed by atoms with Crippen molar-refractivity contribution in [3.05, 3.63) is 38.4 Å². The Morgan fingerprint density at radius 1 is 1.39 bits per heavy atom. The fourth-order valence-corrected chi connectivity index (χ4v) is 7.43. The molecule has 1 aliphatic heterocycles. The number of ether oxygens (including phenoxy) is 1. The minimum atomic E-state index is -1.06. The van der Waals surface area contributed by atoms with Crippen LogP contribution >= 0.6 is 15.9 Å². The zero-order valence-electron chi connectivity index (χ0n) is 21.4. The molecular weight excluding hydrogens is 533 g/mol. The number of fused-ring (bicyclic) bond motifs is 2. The molecule has 0 spiro atoms. The monoisotopic (exact) mass is 569 g/mol.